The second kappa shape index (κ2) is 10.5. The first-order valence-corrected chi connectivity index (χ1v) is 8.06. The first-order chi connectivity index (χ1) is 11.0. The molecule has 0 spiro atoms. The van der Waals surface area contributed by atoms with Gasteiger partial charge in [-0.2, -0.15) is 0 Å². The minimum atomic E-state index is -1.59. The van der Waals surface area contributed by atoms with Crippen LogP contribution in [-0.2, 0) is 9.59 Å². The number of ketones is 2. The van der Waals surface area contributed by atoms with Gasteiger partial charge in [0.2, 0.25) is 5.78 Å². The maximum absolute atomic E-state index is 11.7. The fraction of sp³-hybridized carbons (Fsp3) is 0.500. The molecule has 5 nitrogen and oxygen atoms in total. The third-order valence-electron chi connectivity index (χ3n) is 3.50. The number of benzene rings is 1. The summed E-state index contributed by atoms with van der Waals surface area (Å²) >= 11 is 0. The Balaban J connectivity index is 2.31. The van der Waals surface area contributed by atoms with Gasteiger partial charge in [-0.1, -0.05) is 39.0 Å². The Hall–Kier alpha value is -2.17. The highest BCUT2D eigenvalue weighted by Gasteiger charge is 2.17. The van der Waals surface area contributed by atoms with Crippen LogP contribution in [0, 0.1) is 0 Å². The van der Waals surface area contributed by atoms with Crippen molar-refractivity contribution in [3.8, 4) is 5.75 Å². The summed E-state index contributed by atoms with van der Waals surface area (Å²) in [7, 11) is 0. The van der Waals surface area contributed by atoms with Crippen molar-refractivity contribution in [2.24, 2.45) is 0 Å². The van der Waals surface area contributed by atoms with Gasteiger partial charge in [-0.05, 0) is 30.7 Å². The van der Waals surface area contributed by atoms with E-state index in [0.29, 0.717) is 17.9 Å². The van der Waals surface area contributed by atoms with Gasteiger partial charge >= 0.3 is 5.97 Å². The molecule has 1 rings (SSSR count). The molecule has 1 aromatic rings. The van der Waals surface area contributed by atoms with E-state index in [2.05, 4.69) is 6.92 Å². The molecular formula is C18H24O5. The third kappa shape index (κ3) is 7.58. The van der Waals surface area contributed by atoms with Gasteiger partial charge in [0, 0.05) is 5.56 Å². The Kier molecular flexibility index (Phi) is 8.65. The molecule has 23 heavy (non-hydrogen) atoms. The van der Waals surface area contributed by atoms with Gasteiger partial charge in [0.15, 0.2) is 5.78 Å². The van der Waals surface area contributed by atoms with Gasteiger partial charge in [-0.15, -0.1) is 0 Å². The van der Waals surface area contributed by atoms with E-state index in [0.717, 1.165) is 12.8 Å². The number of ether oxygens (including phenoxy) is 1. The molecule has 0 unspecified atom stereocenters. The summed E-state index contributed by atoms with van der Waals surface area (Å²) in [5.41, 5.74) is 0.312. The standard InChI is InChI=1S/C18H24O5/c1-2-3-4-5-6-7-12-23-15-10-8-14(9-11-15)16(19)13-17(20)18(21)22/h8-11H,2-7,12-13H2,1H3,(H,21,22). The summed E-state index contributed by atoms with van der Waals surface area (Å²) in [6.07, 6.45) is 6.53. The summed E-state index contributed by atoms with van der Waals surface area (Å²) in [5, 5.41) is 8.49. The fourth-order valence-corrected chi connectivity index (χ4v) is 2.13. The highest BCUT2D eigenvalue weighted by atomic mass is 16.5. The predicted octanol–water partition coefficient (Wildman–Crippen LogP) is 3.65. The first-order valence-electron chi connectivity index (χ1n) is 8.06. The molecule has 0 saturated heterocycles. The van der Waals surface area contributed by atoms with E-state index in [1.165, 1.54) is 25.7 Å². The smallest absolute Gasteiger partial charge is 0.372 e. The summed E-state index contributed by atoms with van der Waals surface area (Å²) < 4.78 is 5.59. The van der Waals surface area contributed by atoms with Crippen LogP contribution >= 0.6 is 0 Å². The molecule has 0 heterocycles. The number of carbonyl (C=O) groups excluding carboxylic acids is 2. The number of carbonyl (C=O) groups is 3. The van der Waals surface area contributed by atoms with E-state index in [1.807, 2.05) is 0 Å². The fourth-order valence-electron chi connectivity index (χ4n) is 2.13. The molecule has 0 aliphatic rings. The van der Waals surface area contributed by atoms with Crippen LogP contribution in [0.5, 0.6) is 5.75 Å². The number of carboxylic acids is 1. The average molecular weight is 320 g/mol. The van der Waals surface area contributed by atoms with Crippen LogP contribution in [0.3, 0.4) is 0 Å². The molecule has 0 aromatic heterocycles. The molecule has 0 bridgehead atoms. The van der Waals surface area contributed by atoms with E-state index in [1.54, 1.807) is 24.3 Å². The SMILES string of the molecule is CCCCCCCCOc1ccc(C(=O)CC(=O)C(=O)O)cc1. The van der Waals surface area contributed by atoms with Gasteiger partial charge in [-0.25, -0.2) is 4.79 Å². The Morgan fingerprint density at radius 2 is 1.57 bits per heavy atom. The van der Waals surface area contributed by atoms with E-state index < -0.39 is 24.0 Å². The third-order valence-corrected chi connectivity index (χ3v) is 3.50. The zero-order valence-electron chi connectivity index (χ0n) is 13.5. The summed E-state index contributed by atoms with van der Waals surface area (Å²) in [5.74, 6) is -2.52. The Labute approximate surface area is 136 Å². The number of aliphatic carboxylic acids is 1. The van der Waals surface area contributed by atoms with Gasteiger partial charge in [0.05, 0.1) is 13.0 Å². The summed E-state index contributed by atoms with van der Waals surface area (Å²) in [6.45, 7) is 2.83. The molecule has 1 N–H and O–H groups in total. The van der Waals surface area contributed by atoms with E-state index in [9.17, 15) is 14.4 Å². The van der Waals surface area contributed by atoms with E-state index >= 15 is 0 Å². The molecule has 0 amide bonds. The van der Waals surface area contributed by atoms with Crippen molar-refractivity contribution in [2.45, 2.75) is 51.9 Å². The molecule has 0 fully saturated rings. The topological polar surface area (TPSA) is 80.7 Å². The van der Waals surface area contributed by atoms with Crippen LogP contribution in [0.4, 0.5) is 0 Å². The summed E-state index contributed by atoms with van der Waals surface area (Å²) in [4.78, 5) is 33.2. The molecule has 0 aliphatic heterocycles. The zero-order chi connectivity index (χ0) is 17.1. The minimum absolute atomic E-state index is 0.312. The Morgan fingerprint density at radius 1 is 0.957 bits per heavy atom. The number of rotatable bonds is 12. The maximum atomic E-state index is 11.7. The van der Waals surface area contributed by atoms with Crippen LogP contribution < -0.4 is 4.74 Å². The lowest BCUT2D eigenvalue weighted by molar-refractivity contribution is -0.148. The first kappa shape index (κ1) is 18.9. The van der Waals surface area contributed by atoms with Gasteiger partial charge in [0.25, 0.3) is 0 Å². The van der Waals surface area contributed by atoms with Crippen molar-refractivity contribution < 1.29 is 24.2 Å². The molecule has 126 valence electrons. The number of carboxylic acid groups (broad SMARTS) is 1. The lowest BCUT2D eigenvalue weighted by Crippen LogP contribution is -2.17. The highest BCUT2D eigenvalue weighted by molar-refractivity contribution is 6.37. The molecule has 0 saturated carbocycles. The molecule has 1 aromatic carbocycles. The predicted molar refractivity (Wildman–Crippen MR) is 86.9 cm³/mol. The van der Waals surface area contributed by atoms with Crippen molar-refractivity contribution in [3.05, 3.63) is 29.8 Å². The van der Waals surface area contributed by atoms with Crippen molar-refractivity contribution in [1.29, 1.82) is 0 Å². The minimum Gasteiger partial charge on any atom is -0.494 e. The number of hydrogen-bond acceptors (Lipinski definition) is 4. The molecular weight excluding hydrogens is 296 g/mol. The van der Waals surface area contributed by atoms with Gasteiger partial charge in [-0.3, -0.25) is 9.59 Å². The van der Waals surface area contributed by atoms with Gasteiger partial charge in [0.1, 0.15) is 5.75 Å². The van der Waals surface area contributed by atoms with Crippen LogP contribution in [0.2, 0.25) is 0 Å². The normalized spacial score (nSPS) is 10.3. The van der Waals surface area contributed by atoms with Crippen LogP contribution in [0.1, 0.15) is 62.2 Å². The van der Waals surface area contributed by atoms with Crippen molar-refractivity contribution >= 4 is 17.5 Å². The Morgan fingerprint density at radius 3 is 2.17 bits per heavy atom. The monoisotopic (exact) mass is 320 g/mol. The second-order valence-electron chi connectivity index (χ2n) is 5.47. The van der Waals surface area contributed by atoms with Crippen LogP contribution in [0.25, 0.3) is 0 Å². The number of hydrogen-bond donors (Lipinski definition) is 1. The van der Waals surface area contributed by atoms with Crippen molar-refractivity contribution in [3.63, 3.8) is 0 Å². The lowest BCUT2D eigenvalue weighted by Gasteiger charge is -2.07. The second-order valence-corrected chi connectivity index (χ2v) is 5.47. The molecule has 0 radical (unpaired) electrons. The van der Waals surface area contributed by atoms with Crippen molar-refractivity contribution in [1.82, 2.24) is 0 Å². The molecule has 0 aliphatic carbocycles. The molecule has 0 atom stereocenters. The number of Topliss-reactive ketones (excluding diaryl/α,β-unsaturated/α-hetero) is 2. The molecule has 5 heteroatoms. The largest absolute Gasteiger partial charge is 0.494 e. The van der Waals surface area contributed by atoms with E-state index in [-0.39, 0.29) is 0 Å². The van der Waals surface area contributed by atoms with E-state index in [4.69, 9.17) is 9.84 Å². The van der Waals surface area contributed by atoms with Gasteiger partial charge < -0.3 is 9.84 Å². The number of unbranched alkanes of at least 4 members (excludes halogenated alkanes) is 5. The zero-order valence-corrected chi connectivity index (χ0v) is 13.5. The average Bonchev–Trinajstić information content (AvgIpc) is 2.54. The van der Waals surface area contributed by atoms with Crippen molar-refractivity contribution in [2.75, 3.05) is 6.61 Å². The Bertz CT molecular complexity index is 519. The lowest BCUT2D eigenvalue weighted by atomic mass is 10.1. The highest BCUT2D eigenvalue weighted by Crippen LogP contribution is 2.14. The van der Waals surface area contributed by atoms with Crippen LogP contribution in [0.15, 0.2) is 24.3 Å². The van der Waals surface area contributed by atoms with Crippen LogP contribution in [-0.4, -0.2) is 29.2 Å². The quantitative estimate of drug-likeness (QED) is 0.275. The summed E-state index contributed by atoms with van der Waals surface area (Å²) in [6, 6.07) is 6.42. The maximum Gasteiger partial charge on any atom is 0.372 e.